The predicted molar refractivity (Wildman–Crippen MR) is 59.5 cm³/mol. The van der Waals surface area contributed by atoms with Crippen molar-refractivity contribution in [3.63, 3.8) is 0 Å². The lowest BCUT2D eigenvalue weighted by molar-refractivity contribution is 0.501. The van der Waals surface area contributed by atoms with E-state index in [-0.39, 0.29) is 0 Å². The lowest BCUT2D eigenvalue weighted by Crippen LogP contribution is -2.41. The number of nitrogens with one attached hydrogen (secondary N) is 1. The van der Waals surface area contributed by atoms with Crippen LogP contribution in [0.15, 0.2) is 6.20 Å². The van der Waals surface area contributed by atoms with E-state index in [9.17, 15) is 0 Å². The van der Waals surface area contributed by atoms with E-state index < -0.39 is 0 Å². The molecular formula is C9H14N2S2. The summed E-state index contributed by atoms with van der Waals surface area (Å²) in [4.78, 5) is 5.67. The highest BCUT2D eigenvalue weighted by molar-refractivity contribution is 8.00. The smallest absolute Gasteiger partial charge is 0.109 e. The van der Waals surface area contributed by atoms with Gasteiger partial charge >= 0.3 is 0 Å². The highest BCUT2D eigenvalue weighted by Gasteiger charge is 2.21. The molecule has 0 radical (unpaired) electrons. The lowest BCUT2D eigenvalue weighted by Gasteiger charge is -2.28. The van der Waals surface area contributed by atoms with Gasteiger partial charge in [0.05, 0.1) is 6.04 Å². The number of thiazole rings is 1. The van der Waals surface area contributed by atoms with Gasteiger partial charge in [0.1, 0.15) is 5.01 Å². The minimum absolute atomic E-state index is 0.421. The number of aromatic nitrogens is 1. The molecule has 1 unspecified atom stereocenters. The molecule has 2 heterocycles. The Balaban J connectivity index is 1.92. The van der Waals surface area contributed by atoms with Crippen LogP contribution in [0, 0.1) is 6.92 Å². The summed E-state index contributed by atoms with van der Waals surface area (Å²) in [5, 5.41) is 4.79. The summed E-state index contributed by atoms with van der Waals surface area (Å²) in [5.74, 6) is 2.52. The first-order chi connectivity index (χ1) is 6.25. The van der Waals surface area contributed by atoms with Crippen LogP contribution in [0.5, 0.6) is 0 Å². The molecule has 1 aromatic rings. The van der Waals surface area contributed by atoms with Crippen LogP contribution in [0.2, 0.25) is 0 Å². The second-order valence-electron chi connectivity index (χ2n) is 3.43. The zero-order chi connectivity index (χ0) is 9.26. The fraction of sp³-hybridized carbons (Fsp3) is 0.667. The standard InChI is InChI=1S/C9H14N2S2/c1-6-3-10-9(13-6)7(2)11-8-4-12-5-8/h3,7-8,11H,4-5H2,1-2H3. The van der Waals surface area contributed by atoms with Gasteiger partial charge < -0.3 is 5.32 Å². The van der Waals surface area contributed by atoms with E-state index in [1.165, 1.54) is 21.4 Å². The Morgan fingerprint density at radius 3 is 2.85 bits per heavy atom. The maximum absolute atomic E-state index is 4.38. The molecule has 1 atom stereocenters. The van der Waals surface area contributed by atoms with Gasteiger partial charge in [-0.05, 0) is 13.8 Å². The van der Waals surface area contributed by atoms with Gasteiger partial charge in [0.15, 0.2) is 0 Å². The zero-order valence-electron chi connectivity index (χ0n) is 7.91. The molecule has 1 saturated heterocycles. The van der Waals surface area contributed by atoms with Crippen molar-refractivity contribution in [3.8, 4) is 0 Å². The van der Waals surface area contributed by atoms with Crippen LogP contribution in [0.25, 0.3) is 0 Å². The molecule has 2 rings (SSSR count). The van der Waals surface area contributed by atoms with Gasteiger partial charge in [-0.2, -0.15) is 11.8 Å². The van der Waals surface area contributed by atoms with Crippen LogP contribution in [-0.2, 0) is 0 Å². The molecule has 0 amide bonds. The SMILES string of the molecule is Cc1cnc(C(C)NC2CSC2)s1. The van der Waals surface area contributed by atoms with E-state index in [0.717, 1.165) is 0 Å². The Labute approximate surface area is 87.1 Å². The highest BCUT2D eigenvalue weighted by atomic mass is 32.2. The Morgan fingerprint density at radius 2 is 2.38 bits per heavy atom. The van der Waals surface area contributed by atoms with Crippen LogP contribution < -0.4 is 5.32 Å². The fourth-order valence-corrected chi connectivity index (χ4v) is 2.78. The number of nitrogens with zero attached hydrogens (tertiary/aromatic N) is 1. The second kappa shape index (κ2) is 3.98. The normalized spacial score (nSPS) is 19.8. The first-order valence-corrected chi connectivity index (χ1v) is 6.49. The number of aryl methyl sites for hydroxylation is 1. The molecule has 0 aromatic carbocycles. The summed E-state index contributed by atoms with van der Waals surface area (Å²) in [7, 11) is 0. The summed E-state index contributed by atoms with van der Waals surface area (Å²) in [6, 6.07) is 1.13. The molecule has 1 aromatic heterocycles. The van der Waals surface area contributed by atoms with Crippen LogP contribution in [0.4, 0.5) is 0 Å². The Hall–Kier alpha value is -0.0600. The molecule has 72 valence electrons. The van der Waals surface area contributed by atoms with Crippen molar-refractivity contribution in [1.29, 1.82) is 0 Å². The topological polar surface area (TPSA) is 24.9 Å². The van der Waals surface area contributed by atoms with Crippen molar-refractivity contribution in [2.45, 2.75) is 25.9 Å². The van der Waals surface area contributed by atoms with Crippen LogP contribution in [0.3, 0.4) is 0 Å². The van der Waals surface area contributed by atoms with Crippen LogP contribution in [-0.4, -0.2) is 22.5 Å². The quantitative estimate of drug-likeness (QED) is 0.835. The average Bonchev–Trinajstić information content (AvgIpc) is 2.44. The fourth-order valence-electron chi connectivity index (χ4n) is 1.33. The van der Waals surface area contributed by atoms with Gasteiger partial charge in [0.25, 0.3) is 0 Å². The van der Waals surface area contributed by atoms with Crippen molar-refractivity contribution in [3.05, 3.63) is 16.1 Å². The third kappa shape index (κ3) is 2.24. The summed E-state index contributed by atoms with van der Waals surface area (Å²) >= 11 is 3.80. The van der Waals surface area contributed by atoms with Gasteiger partial charge in [-0.15, -0.1) is 11.3 Å². The zero-order valence-corrected chi connectivity index (χ0v) is 9.54. The van der Waals surface area contributed by atoms with Crippen LogP contribution in [0.1, 0.15) is 22.9 Å². The molecule has 1 fully saturated rings. The molecule has 1 N–H and O–H groups in total. The van der Waals surface area contributed by atoms with Crippen molar-refractivity contribution >= 4 is 23.1 Å². The van der Waals surface area contributed by atoms with Gasteiger partial charge in [0.2, 0.25) is 0 Å². The number of rotatable bonds is 3. The Kier molecular flexibility index (Phi) is 2.91. The largest absolute Gasteiger partial charge is 0.304 e. The molecule has 1 aliphatic heterocycles. The Morgan fingerprint density at radius 1 is 1.62 bits per heavy atom. The molecule has 13 heavy (non-hydrogen) atoms. The van der Waals surface area contributed by atoms with Crippen LogP contribution >= 0.6 is 23.1 Å². The molecule has 4 heteroatoms. The van der Waals surface area contributed by atoms with Gasteiger partial charge in [-0.1, -0.05) is 0 Å². The molecule has 0 spiro atoms. The van der Waals surface area contributed by atoms with E-state index in [2.05, 4.69) is 24.1 Å². The summed E-state index contributed by atoms with van der Waals surface area (Å²) in [5.41, 5.74) is 0. The monoisotopic (exact) mass is 214 g/mol. The van der Waals surface area contributed by atoms with Crippen molar-refractivity contribution < 1.29 is 0 Å². The third-order valence-corrected chi connectivity index (χ3v) is 4.50. The third-order valence-electron chi connectivity index (χ3n) is 2.13. The minimum atomic E-state index is 0.421. The second-order valence-corrected chi connectivity index (χ2v) is 5.77. The van der Waals surface area contributed by atoms with Crippen molar-refractivity contribution in [1.82, 2.24) is 10.3 Å². The van der Waals surface area contributed by atoms with Crippen molar-refractivity contribution in [2.75, 3.05) is 11.5 Å². The first kappa shape index (κ1) is 9.49. The molecular weight excluding hydrogens is 200 g/mol. The number of thioether (sulfide) groups is 1. The summed E-state index contributed by atoms with van der Waals surface area (Å²) in [6.45, 7) is 4.30. The Bertz CT molecular complexity index is 281. The molecule has 0 saturated carbocycles. The van der Waals surface area contributed by atoms with E-state index in [1.807, 2.05) is 18.0 Å². The van der Waals surface area contributed by atoms with E-state index >= 15 is 0 Å². The molecule has 0 aliphatic carbocycles. The minimum Gasteiger partial charge on any atom is -0.304 e. The highest BCUT2D eigenvalue weighted by Crippen LogP contribution is 2.23. The average molecular weight is 214 g/mol. The summed E-state index contributed by atoms with van der Waals surface area (Å²) in [6.07, 6.45) is 1.95. The van der Waals surface area contributed by atoms with Crippen molar-refractivity contribution in [2.24, 2.45) is 0 Å². The van der Waals surface area contributed by atoms with Gasteiger partial charge in [-0.25, -0.2) is 4.98 Å². The lowest BCUT2D eigenvalue weighted by atomic mass is 10.3. The maximum Gasteiger partial charge on any atom is 0.109 e. The number of hydrogen-bond donors (Lipinski definition) is 1. The first-order valence-electron chi connectivity index (χ1n) is 4.52. The number of hydrogen-bond acceptors (Lipinski definition) is 4. The van der Waals surface area contributed by atoms with E-state index in [0.29, 0.717) is 12.1 Å². The molecule has 2 nitrogen and oxygen atoms in total. The molecule has 0 bridgehead atoms. The molecule has 1 aliphatic rings. The summed E-state index contributed by atoms with van der Waals surface area (Å²) < 4.78 is 0. The van der Waals surface area contributed by atoms with E-state index in [1.54, 1.807) is 11.3 Å². The van der Waals surface area contributed by atoms with Gasteiger partial charge in [0, 0.05) is 28.6 Å². The van der Waals surface area contributed by atoms with E-state index in [4.69, 9.17) is 0 Å². The maximum atomic E-state index is 4.38. The predicted octanol–water partition coefficient (Wildman–Crippen LogP) is 2.22. The van der Waals surface area contributed by atoms with Gasteiger partial charge in [-0.3, -0.25) is 0 Å².